The Bertz CT molecular complexity index is 783. The molecule has 0 bridgehead atoms. The monoisotopic (exact) mass is 386 g/mol. The molecule has 1 aromatic carbocycles. The van der Waals surface area contributed by atoms with Crippen molar-refractivity contribution < 1.29 is 24.3 Å². The van der Waals surface area contributed by atoms with Crippen LogP contribution in [0.4, 0.5) is 0 Å². The average Bonchev–Trinajstić information content (AvgIpc) is 2.58. The Labute approximate surface area is 164 Å². The number of benzene rings is 1. The summed E-state index contributed by atoms with van der Waals surface area (Å²) in [6.07, 6.45) is 2.01. The van der Waals surface area contributed by atoms with Crippen molar-refractivity contribution in [3.05, 3.63) is 35.9 Å². The number of carboxylic acids is 1. The lowest BCUT2D eigenvalue weighted by atomic mass is 9.70. The van der Waals surface area contributed by atoms with Crippen molar-refractivity contribution in [2.24, 2.45) is 11.8 Å². The summed E-state index contributed by atoms with van der Waals surface area (Å²) in [6.45, 7) is 3.56. The molecule has 28 heavy (non-hydrogen) atoms. The third-order valence-corrected chi connectivity index (χ3v) is 5.80. The molecule has 2 aliphatic rings. The van der Waals surface area contributed by atoms with Gasteiger partial charge < -0.3 is 15.3 Å². The van der Waals surface area contributed by atoms with E-state index in [1.165, 1.54) is 5.56 Å². The highest BCUT2D eigenvalue weighted by atomic mass is 16.4. The molecule has 1 aliphatic carbocycles. The van der Waals surface area contributed by atoms with Gasteiger partial charge in [0.1, 0.15) is 6.54 Å². The van der Waals surface area contributed by atoms with Gasteiger partial charge in [-0.05, 0) is 44.1 Å². The Morgan fingerprint density at radius 1 is 1.18 bits per heavy atom. The lowest BCUT2D eigenvalue weighted by molar-refractivity contribution is -0.159. The first kappa shape index (κ1) is 20.0. The van der Waals surface area contributed by atoms with Crippen LogP contribution >= 0.6 is 0 Å². The van der Waals surface area contributed by atoms with Crippen molar-refractivity contribution in [2.75, 3.05) is 13.1 Å². The molecule has 0 aromatic heterocycles. The first-order chi connectivity index (χ1) is 13.2. The highest BCUT2D eigenvalue weighted by molar-refractivity contribution is 6.20. The minimum atomic E-state index is -1.45. The van der Waals surface area contributed by atoms with Gasteiger partial charge in [-0.3, -0.25) is 19.2 Å². The van der Waals surface area contributed by atoms with Gasteiger partial charge in [-0.2, -0.15) is 0 Å². The second-order valence-corrected chi connectivity index (χ2v) is 8.39. The highest BCUT2D eigenvalue weighted by Gasteiger charge is 2.49. The van der Waals surface area contributed by atoms with Crippen LogP contribution in [-0.4, -0.2) is 52.2 Å². The van der Waals surface area contributed by atoms with E-state index in [9.17, 15) is 19.2 Å². The van der Waals surface area contributed by atoms with Crippen LogP contribution in [0, 0.1) is 11.8 Å². The van der Waals surface area contributed by atoms with Gasteiger partial charge in [0.2, 0.25) is 11.8 Å². The Morgan fingerprint density at radius 2 is 1.82 bits per heavy atom. The smallest absolute Gasteiger partial charge is 0.322 e. The second-order valence-electron chi connectivity index (χ2n) is 8.39. The number of carbonyl (C=O) groups is 4. The minimum Gasteiger partial charge on any atom is -0.480 e. The molecule has 7 nitrogen and oxygen atoms in total. The van der Waals surface area contributed by atoms with Crippen molar-refractivity contribution in [2.45, 2.75) is 44.6 Å². The molecular formula is C21H26N2O5. The minimum absolute atomic E-state index is 0.0821. The molecule has 0 radical (unpaired) electrons. The normalized spacial score (nSPS) is 26.5. The summed E-state index contributed by atoms with van der Waals surface area (Å²) in [7, 11) is 0. The molecular weight excluding hydrogens is 360 g/mol. The Morgan fingerprint density at radius 3 is 2.43 bits per heavy atom. The highest BCUT2D eigenvalue weighted by Crippen LogP contribution is 2.43. The standard InChI is InChI=1S/C21H26N2O5/c1-21(2)10-16(24)18(19(27)22-11-17(25)26)20(28)23(21)12-13-8-15(9-13)14-6-4-3-5-7-14/h3-7,13,15,18H,8-12H2,1-2H3,(H,22,27)(H,25,26). The number of hydrogen-bond acceptors (Lipinski definition) is 4. The summed E-state index contributed by atoms with van der Waals surface area (Å²) in [5, 5.41) is 10.9. The zero-order chi connectivity index (χ0) is 20.5. The zero-order valence-corrected chi connectivity index (χ0v) is 16.2. The fourth-order valence-corrected chi connectivity index (χ4v) is 4.22. The third kappa shape index (κ3) is 4.08. The van der Waals surface area contributed by atoms with E-state index in [2.05, 4.69) is 17.4 Å². The molecule has 1 heterocycles. The number of amides is 2. The topological polar surface area (TPSA) is 104 Å². The van der Waals surface area contributed by atoms with Crippen LogP contribution in [-0.2, 0) is 19.2 Å². The van der Waals surface area contributed by atoms with Crippen molar-refractivity contribution in [3.8, 4) is 0 Å². The van der Waals surface area contributed by atoms with E-state index in [-0.39, 0.29) is 6.42 Å². The molecule has 7 heteroatoms. The maximum Gasteiger partial charge on any atom is 0.322 e. The Hall–Kier alpha value is -2.70. The Balaban J connectivity index is 1.65. The molecule has 3 rings (SSSR count). The van der Waals surface area contributed by atoms with E-state index in [4.69, 9.17) is 5.11 Å². The molecule has 2 amide bonds. The van der Waals surface area contributed by atoms with E-state index in [1.54, 1.807) is 4.90 Å². The molecule has 150 valence electrons. The third-order valence-electron chi connectivity index (χ3n) is 5.80. The Kier molecular flexibility index (Phi) is 5.54. The molecule has 1 atom stereocenters. The maximum atomic E-state index is 13.0. The SMILES string of the molecule is CC1(C)CC(=O)C(C(=O)NCC(=O)O)C(=O)N1CC1CC(c2ccccc2)C1. The summed E-state index contributed by atoms with van der Waals surface area (Å²) < 4.78 is 0. The number of nitrogens with one attached hydrogen (secondary N) is 1. The fourth-order valence-electron chi connectivity index (χ4n) is 4.22. The molecule has 1 aromatic rings. The lowest BCUT2D eigenvalue weighted by Gasteiger charge is -2.48. The predicted molar refractivity (Wildman–Crippen MR) is 101 cm³/mol. The number of aliphatic carboxylic acids is 1. The van der Waals surface area contributed by atoms with E-state index in [0.717, 1.165) is 12.8 Å². The molecule has 2 fully saturated rings. The summed E-state index contributed by atoms with van der Waals surface area (Å²) in [6, 6.07) is 10.2. The number of likely N-dealkylation sites (tertiary alicyclic amines) is 1. The van der Waals surface area contributed by atoms with E-state index in [0.29, 0.717) is 18.4 Å². The van der Waals surface area contributed by atoms with Crippen LogP contribution < -0.4 is 5.32 Å². The van der Waals surface area contributed by atoms with E-state index >= 15 is 0 Å². The largest absolute Gasteiger partial charge is 0.480 e. The summed E-state index contributed by atoms with van der Waals surface area (Å²) in [5.41, 5.74) is 0.638. The number of hydrogen-bond donors (Lipinski definition) is 2. The number of carbonyl (C=O) groups excluding carboxylic acids is 3. The number of Topliss-reactive ketones (excluding diaryl/α,β-unsaturated/α-hetero) is 1. The lowest BCUT2D eigenvalue weighted by Crippen LogP contribution is -2.62. The van der Waals surface area contributed by atoms with Gasteiger partial charge in [0.15, 0.2) is 11.7 Å². The quantitative estimate of drug-likeness (QED) is 0.723. The summed E-state index contributed by atoms with van der Waals surface area (Å²) >= 11 is 0. The van der Waals surface area contributed by atoms with Gasteiger partial charge in [-0.1, -0.05) is 30.3 Å². The molecule has 1 aliphatic heterocycles. The summed E-state index contributed by atoms with van der Waals surface area (Å²) in [5.74, 6) is -3.67. The number of carboxylic acid groups (broad SMARTS) is 1. The van der Waals surface area contributed by atoms with Crippen molar-refractivity contribution >= 4 is 23.6 Å². The molecule has 0 spiro atoms. The van der Waals surface area contributed by atoms with Gasteiger partial charge in [-0.15, -0.1) is 0 Å². The molecule has 1 saturated carbocycles. The zero-order valence-electron chi connectivity index (χ0n) is 16.2. The van der Waals surface area contributed by atoms with Crippen LogP contribution in [0.3, 0.4) is 0 Å². The van der Waals surface area contributed by atoms with Gasteiger partial charge in [0.25, 0.3) is 0 Å². The molecule has 2 N–H and O–H groups in total. The van der Waals surface area contributed by atoms with Gasteiger partial charge in [0, 0.05) is 18.5 Å². The molecule has 1 saturated heterocycles. The average molecular weight is 386 g/mol. The number of ketones is 1. The van der Waals surface area contributed by atoms with Gasteiger partial charge in [-0.25, -0.2) is 0 Å². The fraction of sp³-hybridized carbons (Fsp3) is 0.524. The van der Waals surface area contributed by atoms with Crippen LogP contribution in [0.2, 0.25) is 0 Å². The number of nitrogens with zero attached hydrogens (tertiary/aromatic N) is 1. The van der Waals surface area contributed by atoms with Crippen LogP contribution in [0.15, 0.2) is 30.3 Å². The molecule has 1 unspecified atom stereocenters. The van der Waals surface area contributed by atoms with Crippen LogP contribution in [0.5, 0.6) is 0 Å². The first-order valence-electron chi connectivity index (χ1n) is 9.57. The number of piperidine rings is 1. The van der Waals surface area contributed by atoms with E-state index < -0.39 is 41.6 Å². The van der Waals surface area contributed by atoms with Gasteiger partial charge in [0.05, 0.1) is 0 Å². The van der Waals surface area contributed by atoms with Crippen LogP contribution in [0.1, 0.15) is 44.6 Å². The van der Waals surface area contributed by atoms with Crippen molar-refractivity contribution in [3.63, 3.8) is 0 Å². The van der Waals surface area contributed by atoms with Crippen LogP contribution in [0.25, 0.3) is 0 Å². The number of rotatable bonds is 6. The van der Waals surface area contributed by atoms with Crippen molar-refractivity contribution in [1.82, 2.24) is 10.2 Å². The maximum absolute atomic E-state index is 13.0. The van der Waals surface area contributed by atoms with Gasteiger partial charge >= 0.3 is 5.97 Å². The van der Waals surface area contributed by atoms with Crippen molar-refractivity contribution in [1.29, 1.82) is 0 Å². The second kappa shape index (κ2) is 7.73. The summed E-state index contributed by atoms with van der Waals surface area (Å²) in [4.78, 5) is 49.9. The van der Waals surface area contributed by atoms with E-state index in [1.807, 2.05) is 32.0 Å². The first-order valence-corrected chi connectivity index (χ1v) is 9.57. The predicted octanol–water partition coefficient (Wildman–Crippen LogP) is 1.58.